The van der Waals surface area contributed by atoms with Crippen molar-refractivity contribution in [3.05, 3.63) is 12.2 Å². The number of hydrogen-bond acceptors (Lipinski definition) is 3. The molecule has 2 rings (SSSR count). The van der Waals surface area contributed by atoms with Crippen LogP contribution in [0.25, 0.3) is 0 Å². The van der Waals surface area contributed by atoms with Crippen molar-refractivity contribution in [2.45, 2.75) is 51.5 Å². The minimum Gasteiger partial charge on any atom is -0.317 e. The van der Waals surface area contributed by atoms with E-state index in [9.17, 15) is 0 Å². The van der Waals surface area contributed by atoms with Crippen LogP contribution in [-0.2, 0) is 6.54 Å². The second kappa shape index (κ2) is 5.99. The number of nitrogens with one attached hydrogen (secondary N) is 1. The molecule has 1 aliphatic heterocycles. The Morgan fingerprint density at radius 3 is 2.94 bits per heavy atom. The third-order valence-corrected chi connectivity index (χ3v) is 3.35. The van der Waals surface area contributed by atoms with E-state index in [1.165, 1.54) is 37.9 Å². The molecule has 4 nitrogen and oxygen atoms in total. The summed E-state index contributed by atoms with van der Waals surface area (Å²) in [6.07, 6.45) is 8.10. The molecule has 1 fully saturated rings. The van der Waals surface area contributed by atoms with Gasteiger partial charge < -0.3 is 9.88 Å². The SMILES string of the molecule is CCCCCn1cnnc1C1CCNCC1. The first kappa shape index (κ1) is 11.6. The average Bonchev–Trinajstić information content (AvgIpc) is 2.79. The van der Waals surface area contributed by atoms with Crippen LogP contribution in [0.1, 0.15) is 50.8 Å². The van der Waals surface area contributed by atoms with Crippen LogP contribution < -0.4 is 5.32 Å². The Kier molecular flexibility index (Phi) is 4.34. The van der Waals surface area contributed by atoms with E-state index in [1.807, 2.05) is 6.33 Å². The first-order chi connectivity index (χ1) is 7.92. The van der Waals surface area contributed by atoms with Gasteiger partial charge in [-0.1, -0.05) is 19.8 Å². The molecule has 0 bridgehead atoms. The highest BCUT2D eigenvalue weighted by Crippen LogP contribution is 2.23. The number of unbranched alkanes of at least 4 members (excludes halogenated alkanes) is 2. The quantitative estimate of drug-likeness (QED) is 0.774. The van der Waals surface area contributed by atoms with Crippen molar-refractivity contribution in [3.8, 4) is 0 Å². The van der Waals surface area contributed by atoms with Gasteiger partial charge in [0.2, 0.25) is 0 Å². The molecule has 4 heteroatoms. The van der Waals surface area contributed by atoms with Crippen LogP contribution in [0.3, 0.4) is 0 Å². The number of aryl methyl sites for hydroxylation is 1. The summed E-state index contributed by atoms with van der Waals surface area (Å²) in [6.45, 7) is 5.55. The van der Waals surface area contributed by atoms with Gasteiger partial charge in [-0.3, -0.25) is 0 Å². The minimum absolute atomic E-state index is 0.616. The Bertz CT molecular complexity index is 302. The highest BCUT2D eigenvalue weighted by molar-refractivity contribution is 4.98. The summed E-state index contributed by atoms with van der Waals surface area (Å²) in [5.41, 5.74) is 0. The van der Waals surface area contributed by atoms with Crippen LogP contribution in [0.15, 0.2) is 6.33 Å². The van der Waals surface area contributed by atoms with Gasteiger partial charge in [0.15, 0.2) is 0 Å². The Morgan fingerprint density at radius 2 is 2.19 bits per heavy atom. The molecule has 1 aromatic rings. The second-order valence-corrected chi connectivity index (χ2v) is 4.61. The largest absolute Gasteiger partial charge is 0.317 e. The van der Waals surface area contributed by atoms with Crippen molar-refractivity contribution >= 4 is 0 Å². The van der Waals surface area contributed by atoms with Gasteiger partial charge in [-0.05, 0) is 32.4 Å². The van der Waals surface area contributed by atoms with E-state index in [0.29, 0.717) is 5.92 Å². The molecular weight excluding hydrogens is 200 g/mol. The van der Waals surface area contributed by atoms with Gasteiger partial charge >= 0.3 is 0 Å². The number of nitrogens with zero attached hydrogens (tertiary/aromatic N) is 3. The third-order valence-electron chi connectivity index (χ3n) is 3.35. The van der Waals surface area contributed by atoms with Gasteiger partial charge in [-0.2, -0.15) is 0 Å². The molecule has 16 heavy (non-hydrogen) atoms. The maximum Gasteiger partial charge on any atom is 0.136 e. The fraction of sp³-hybridized carbons (Fsp3) is 0.833. The Balaban J connectivity index is 1.94. The van der Waals surface area contributed by atoms with Gasteiger partial charge in [0.1, 0.15) is 12.2 Å². The summed E-state index contributed by atoms with van der Waals surface area (Å²) in [6, 6.07) is 0. The van der Waals surface area contributed by atoms with Crippen molar-refractivity contribution in [2.24, 2.45) is 0 Å². The van der Waals surface area contributed by atoms with Crippen LogP contribution in [0.2, 0.25) is 0 Å². The van der Waals surface area contributed by atoms with Crippen LogP contribution >= 0.6 is 0 Å². The molecule has 0 saturated carbocycles. The highest BCUT2D eigenvalue weighted by atomic mass is 15.3. The van der Waals surface area contributed by atoms with E-state index in [2.05, 4.69) is 27.0 Å². The lowest BCUT2D eigenvalue weighted by Gasteiger charge is -2.22. The summed E-state index contributed by atoms with van der Waals surface area (Å²) >= 11 is 0. The molecule has 0 spiro atoms. The smallest absolute Gasteiger partial charge is 0.136 e. The topological polar surface area (TPSA) is 42.7 Å². The van der Waals surface area contributed by atoms with Gasteiger partial charge in [0, 0.05) is 12.5 Å². The van der Waals surface area contributed by atoms with Crippen LogP contribution in [0.4, 0.5) is 0 Å². The molecule has 1 aliphatic rings. The zero-order chi connectivity index (χ0) is 11.2. The first-order valence-electron chi connectivity index (χ1n) is 6.50. The normalized spacial score (nSPS) is 17.8. The average molecular weight is 222 g/mol. The maximum absolute atomic E-state index is 4.30. The molecule has 0 aliphatic carbocycles. The van der Waals surface area contributed by atoms with Crippen LogP contribution in [0.5, 0.6) is 0 Å². The molecule has 0 atom stereocenters. The predicted molar refractivity (Wildman–Crippen MR) is 64.4 cm³/mol. The summed E-state index contributed by atoms with van der Waals surface area (Å²) in [7, 11) is 0. The van der Waals surface area contributed by atoms with Gasteiger partial charge in [-0.15, -0.1) is 10.2 Å². The zero-order valence-electron chi connectivity index (χ0n) is 10.2. The summed E-state index contributed by atoms with van der Waals surface area (Å²) in [5.74, 6) is 1.82. The lowest BCUT2D eigenvalue weighted by molar-refractivity contribution is 0.426. The van der Waals surface area contributed by atoms with Gasteiger partial charge in [0.25, 0.3) is 0 Å². The molecule has 0 radical (unpaired) electrons. The van der Waals surface area contributed by atoms with E-state index in [0.717, 1.165) is 19.6 Å². The fourth-order valence-electron chi connectivity index (χ4n) is 2.36. The Hall–Kier alpha value is -0.900. The standard InChI is InChI=1S/C12H22N4/c1-2-3-4-9-16-10-14-15-12(16)11-5-7-13-8-6-11/h10-11,13H,2-9H2,1H3. The van der Waals surface area contributed by atoms with Crippen LogP contribution in [-0.4, -0.2) is 27.9 Å². The Morgan fingerprint density at radius 1 is 1.38 bits per heavy atom. The number of hydrogen-bond donors (Lipinski definition) is 1. The molecule has 1 N–H and O–H groups in total. The van der Waals surface area contributed by atoms with E-state index < -0.39 is 0 Å². The summed E-state index contributed by atoms with van der Waals surface area (Å²) in [4.78, 5) is 0. The Labute approximate surface area is 97.5 Å². The summed E-state index contributed by atoms with van der Waals surface area (Å²) < 4.78 is 2.26. The second-order valence-electron chi connectivity index (χ2n) is 4.61. The third kappa shape index (κ3) is 2.82. The van der Waals surface area contributed by atoms with Gasteiger partial charge in [0.05, 0.1) is 0 Å². The molecular formula is C12H22N4. The number of piperidine rings is 1. The molecule has 1 saturated heterocycles. The van der Waals surface area contributed by atoms with Crippen molar-refractivity contribution in [3.63, 3.8) is 0 Å². The molecule has 90 valence electrons. The molecule has 0 unspecified atom stereocenters. The van der Waals surface area contributed by atoms with Crippen molar-refractivity contribution in [1.82, 2.24) is 20.1 Å². The number of rotatable bonds is 5. The summed E-state index contributed by atoms with van der Waals surface area (Å²) in [5, 5.41) is 11.8. The van der Waals surface area contributed by atoms with E-state index >= 15 is 0 Å². The first-order valence-corrected chi connectivity index (χ1v) is 6.50. The van der Waals surface area contributed by atoms with Crippen molar-refractivity contribution < 1.29 is 0 Å². The van der Waals surface area contributed by atoms with E-state index in [4.69, 9.17) is 0 Å². The van der Waals surface area contributed by atoms with Crippen molar-refractivity contribution in [2.75, 3.05) is 13.1 Å². The monoisotopic (exact) mass is 222 g/mol. The minimum atomic E-state index is 0.616. The van der Waals surface area contributed by atoms with Gasteiger partial charge in [-0.25, -0.2) is 0 Å². The van der Waals surface area contributed by atoms with E-state index in [1.54, 1.807) is 0 Å². The molecule has 0 amide bonds. The zero-order valence-corrected chi connectivity index (χ0v) is 10.2. The highest BCUT2D eigenvalue weighted by Gasteiger charge is 2.20. The maximum atomic E-state index is 4.30. The molecule has 1 aromatic heterocycles. The van der Waals surface area contributed by atoms with Crippen LogP contribution in [0, 0.1) is 0 Å². The lowest BCUT2D eigenvalue weighted by Crippen LogP contribution is -2.28. The lowest BCUT2D eigenvalue weighted by atomic mass is 9.97. The predicted octanol–water partition coefficient (Wildman–Crippen LogP) is 1.94. The molecule has 2 heterocycles. The molecule has 0 aromatic carbocycles. The fourth-order valence-corrected chi connectivity index (χ4v) is 2.36. The van der Waals surface area contributed by atoms with Crippen molar-refractivity contribution in [1.29, 1.82) is 0 Å². The number of aromatic nitrogens is 3. The van der Waals surface area contributed by atoms with E-state index in [-0.39, 0.29) is 0 Å².